The molecule has 0 bridgehead atoms. The van der Waals surface area contributed by atoms with Crippen molar-refractivity contribution in [3.8, 4) is 11.8 Å². The predicted molar refractivity (Wildman–Crippen MR) is 159 cm³/mol. The summed E-state index contributed by atoms with van der Waals surface area (Å²) in [6.45, 7) is 27.9. The van der Waals surface area contributed by atoms with E-state index in [0.717, 1.165) is 25.9 Å². The first-order valence-corrected chi connectivity index (χ1v) is 14.1. The van der Waals surface area contributed by atoms with Crippen molar-refractivity contribution < 1.29 is 9.47 Å². The molecule has 0 fully saturated rings. The fourth-order valence-electron chi connectivity index (χ4n) is 4.06. The van der Waals surface area contributed by atoms with Crippen LogP contribution in [0.1, 0.15) is 107 Å². The van der Waals surface area contributed by atoms with Crippen LogP contribution in [0, 0.1) is 0 Å². The Balaban J connectivity index is 1.90. The SMILES string of the molecule is C[C@H](CNC(C)(C)C)Oc1cc(C(C)(C)CCC(C)(C)NC[C@H](C)Oc2cc(C(C)(C)C)ccn2)ccn1. The average Bonchev–Trinajstić information content (AvgIpc) is 2.80. The Bertz CT molecular complexity index is 1010. The van der Waals surface area contributed by atoms with Gasteiger partial charge in [-0.15, -0.1) is 0 Å². The molecule has 0 saturated heterocycles. The number of nitrogens with one attached hydrogen (secondary N) is 2. The molecule has 2 heterocycles. The zero-order chi connectivity index (χ0) is 28.8. The van der Waals surface area contributed by atoms with Gasteiger partial charge in [0.2, 0.25) is 11.8 Å². The highest BCUT2D eigenvalue weighted by atomic mass is 16.5. The van der Waals surface area contributed by atoms with Gasteiger partial charge in [0, 0.05) is 48.7 Å². The smallest absolute Gasteiger partial charge is 0.213 e. The molecule has 0 aliphatic rings. The lowest BCUT2D eigenvalue weighted by Crippen LogP contribution is -2.44. The molecule has 6 heteroatoms. The van der Waals surface area contributed by atoms with Crippen LogP contribution in [0.5, 0.6) is 11.8 Å². The van der Waals surface area contributed by atoms with E-state index < -0.39 is 0 Å². The maximum absolute atomic E-state index is 6.14. The van der Waals surface area contributed by atoms with E-state index in [2.05, 4.69) is 128 Å². The zero-order valence-electron chi connectivity index (χ0n) is 26.2. The Morgan fingerprint density at radius 1 is 0.684 bits per heavy atom. The van der Waals surface area contributed by atoms with Crippen LogP contribution in [-0.4, -0.2) is 46.3 Å². The molecular formula is C32H54N4O2. The van der Waals surface area contributed by atoms with Gasteiger partial charge >= 0.3 is 0 Å². The number of ether oxygens (including phenoxy) is 2. The standard InChI is InChI=1S/C32H54N4O2/c1-23(21-35-30(6,7)8)37-28-20-26(14-18-34-28)31(9,10)15-16-32(11,12)36-22-24(2)38-27-19-25(13-17-33-27)29(3,4)5/h13-14,17-20,23-24,35-36H,15-16,21-22H2,1-12H3/t23-,24+/m1/s1. The molecule has 0 aliphatic carbocycles. The van der Waals surface area contributed by atoms with Gasteiger partial charge in [0.1, 0.15) is 12.2 Å². The Morgan fingerprint density at radius 2 is 1.16 bits per heavy atom. The van der Waals surface area contributed by atoms with E-state index in [1.54, 1.807) is 0 Å². The van der Waals surface area contributed by atoms with E-state index in [1.807, 2.05) is 12.4 Å². The monoisotopic (exact) mass is 526 g/mol. The minimum Gasteiger partial charge on any atom is -0.473 e. The topological polar surface area (TPSA) is 68.3 Å². The van der Waals surface area contributed by atoms with Gasteiger partial charge in [-0.1, -0.05) is 34.6 Å². The Hall–Kier alpha value is -2.18. The third-order valence-corrected chi connectivity index (χ3v) is 6.92. The molecule has 2 atom stereocenters. The highest BCUT2D eigenvalue weighted by Crippen LogP contribution is 2.32. The molecule has 0 aliphatic heterocycles. The van der Waals surface area contributed by atoms with E-state index in [9.17, 15) is 0 Å². The Kier molecular flexibility index (Phi) is 10.8. The number of hydrogen-bond acceptors (Lipinski definition) is 6. The zero-order valence-corrected chi connectivity index (χ0v) is 26.2. The van der Waals surface area contributed by atoms with Crippen molar-refractivity contribution in [1.29, 1.82) is 0 Å². The van der Waals surface area contributed by atoms with Crippen molar-refractivity contribution in [3.05, 3.63) is 47.8 Å². The van der Waals surface area contributed by atoms with Crippen LogP contribution in [0.2, 0.25) is 0 Å². The van der Waals surface area contributed by atoms with Crippen LogP contribution in [0.15, 0.2) is 36.7 Å². The molecule has 0 aromatic carbocycles. The normalized spacial score (nSPS) is 14.7. The summed E-state index contributed by atoms with van der Waals surface area (Å²) < 4.78 is 12.3. The van der Waals surface area contributed by atoms with Gasteiger partial charge in [0.05, 0.1) is 0 Å². The maximum atomic E-state index is 6.14. The second-order valence-corrected chi connectivity index (χ2v) is 14.2. The van der Waals surface area contributed by atoms with Gasteiger partial charge in [0.15, 0.2) is 0 Å². The lowest BCUT2D eigenvalue weighted by molar-refractivity contribution is 0.187. The molecule has 6 nitrogen and oxygen atoms in total. The quantitative estimate of drug-likeness (QED) is 0.298. The summed E-state index contributed by atoms with van der Waals surface area (Å²) in [6, 6.07) is 8.32. The van der Waals surface area contributed by atoms with Crippen LogP contribution in [0.3, 0.4) is 0 Å². The van der Waals surface area contributed by atoms with E-state index in [-0.39, 0.29) is 34.1 Å². The molecule has 0 spiro atoms. The van der Waals surface area contributed by atoms with Crippen molar-refractivity contribution in [3.63, 3.8) is 0 Å². The minimum absolute atomic E-state index is 0.00761. The summed E-state index contributed by atoms with van der Waals surface area (Å²) in [5.41, 5.74) is 2.57. The van der Waals surface area contributed by atoms with Crippen molar-refractivity contribution in [1.82, 2.24) is 20.6 Å². The molecule has 2 aromatic rings. The molecule has 0 saturated carbocycles. The van der Waals surface area contributed by atoms with Gasteiger partial charge in [-0.25, -0.2) is 9.97 Å². The summed E-state index contributed by atoms with van der Waals surface area (Å²) in [4.78, 5) is 8.88. The van der Waals surface area contributed by atoms with E-state index >= 15 is 0 Å². The van der Waals surface area contributed by atoms with Crippen molar-refractivity contribution in [2.24, 2.45) is 0 Å². The number of hydrogen-bond donors (Lipinski definition) is 2. The molecule has 2 N–H and O–H groups in total. The largest absolute Gasteiger partial charge is 0.473 e. The van der Waals surface area contributed by atoms with Crippen LogP contribution in [0.25, 0.3) is 0 Å². The number of pyridine rings is 2. The summed E-state index contributed by atoms with van der Waals surface area (Å²) in [7, 11) is 0. The van der Waals surface area contributed by atoms with Gasteiger partial charge in [0.25, 0.3) is 0 Å². The summed E-state index contributed by atoms with van der Waals surface area (Å²) in [5.74, 6) is 1.37. The van der Waals surface area contributed by atoms with Gasteiger partial charge in [-0.05, 0) is 95.4 Å². The second-order valence-electron chi connectivity index (χ2n) is 14.2. The van der Waals surface area contributed by atoms with Gasteiger partial charge in [-0.3, -0.25) is 0 Å². The molecular weight excluding hydrogens is 472 g/mol. The van der Waals surface area contributed by atoms with Crippen molar-refractivity contribution >= 4 is 0 Å². The van der Waals surface area contributed by atoms with E-state index in [4.69, 9.17) is 9.47 Å². The molecule has 2 aromatic heterocycles. The summed E-state index contributed by atoms with van der Waals surface area (Å²) in [6.07, 6.45) is 5.80. The second kappa shape index (κ2) is 12.8. The fraction of sp³-hybridized carbons (Fsp3) is 0.688. The predicted octanol–water partition coefficient (Wildman–Crippen LogP) is 6.82. The van der Waals surface area contributed by atoms with Crippen LogP contribution >= 0.6 is 0 Å². The number of aromatic nitrogens is 2. The van der Waals surface area contributed by atoms with Crippen LogP contribution in [-0.2, 0) is 10.8 Å². The summed E-state index contributed by atoms with van der Waals surface area (Å²) >= 11 is 0. The van der Waals surface area contributed by atoms with Gasteiger partial charge in [-0.2, -0.15) is 0 Å². The molecule has 0 unspecified atom stereocenters. The van der Waals surface area contributed by atoms with E-state index in [0.29, 0.717) is 11.8 Å². The maximum Gasteiger partial charge on any atom is 0.213 e. The lowest BCUT2D eigenvalue weighted by atomic mass is 9.78. The Morgan fingerprint density at radius 3 is 1.66 bits per heavy atom. The number of rotatable bonds is 13. The highest BCUT2D eigenvalue weighted by molar-refractivity contribution is 5.28. The minimum atomic E-state index is -0.0327. The van der Waals surface area contributed by atoms with Gasteiger partial charge < -0.3 is 20.1 Å². The molecule has 38 heavy (non-hydrogen) atoms. The molecule has 214 valence electrons. The molecule has 0 amide bonds. The highest BCUT2D eigenvalue weighted by Gasteiger charge is 2.27. The van der Waals surface area contributed by atoms with Crippen molar-refractivity contribution in [2.75, 3.05) is 13.1 Å². The third kappa shape index (κ3) is 11.3. The number of nitrogens with zero attached hydrogens (tertiary/aromatic N) is 2. The Labute approximate surface area is 232 Å². The first-order chi connectivity index (χ1) is 17.4. The van der Waals surface area contributed by atoms with Crippen molar-refractivity contribution in [2.45, 2.75) is 130 Å². The van der Waals surface area contributed by atoms with Crippen LogP contribution < -0.4 is 20.1 Å². The van der Waals surface area contributed by atoms with E-state index in [1.165, 1.54) is 11.1 Å². The lowest BCUT2D eigenvalue weighted by Gasteiger charge is -2.33. The molecule has 2 rings (SSSR count). The average molecular weight is 527 g/mol. The first-order valence-electron chi connectivity index (χ1n) is 14.1. The third-order valence-electron chi connectivity index (χ3n) is 6.92. The first kappa shape index (κ1) is 32.0. The van der Waals surface area contributed by atoms with Crippen LogP contribution in [0.4, 0.5) is 0 Å². The fourth-order valence-corrected chi connectivity index (χ4v) is 4.06. The summed E-state index contributed by atoms with van der Waals surface area (Å²) in [5, 5.41) is 7.21. The molecule has 0 radical (unpaired) electrons.